The lowest BCUT2D eigenvalue weighted by molar-refractivity contribution is 0.0987. The summed E-state index contributed by atoms with van der Waals surface area (Å²) >= 11 is 1.17. The number of sulfonamides is 1. The number of nitrogens with zero attached hydrogens (tertiary/aromatic N) is 2. The van der Waals surface area contributed by atoms with Crippen LogP contribution < -0.4 is 14.8 Å². The monoisotopic (exact) mass is 380 g/mol. The first-order valence-electron chi connectivity index (χ1n) is 6.82. The average Bonchev–Trinajstić information content (AvgIpc) is 3.26. The molecule has 130 valence electrons. The smallest absolute Gasteiger partial charge is 0.294 e. The number of methoxy groups -OCH3 is 1. The van der Waals surface area contributed by atoms with Crippen molar-refractivity contribution in [2.24, 2.45) is 0 Å². The highest BCUT2D eigenvalue weighted by atomic mass is 32.2. The molecule has 0 saturated carbocycles. The van der Waals surface area contributed by atoms with Crippen molar-refractivity contribution in [2.45, 2.75) is 4.90 Å². The van der Waals surface area contributed by atoms with E-state index in [2.05, 4.69) is 20.2 Å². The van der Waals surface area contributed by atoms with Gasteiger partial charge in [0, 0.05) is 17.3 Å². The largest absolute Gasteiger partial charge is 0.479 e. The molecule has 0 unspecified atom stereocenters. The highest BCUT2D eigenvalue weighted by Crippen LogP contribution is 2.20. The van der Waals surface area contributed by atoms with Crippen molar-refractivity contribution in [3.8, 4) is 5.88 Å². The second-order valence-corrected chi connectivity index (χ2v) is 7.23. The zero-order valence-corrected chi connectivity index (χ0v) is 14.4. The number of carbonyl (C=O) groups excluding carboxylic acids is 1. The quantitative estimate of drug-likeness (QED) is 0.672. The highest BCUT2D eigenvalue weighted by molar-refractivity contribution is 7.93. The van der Waals surface area contributed by atoms with Gasteiger partial charge < -0.3 is 14.6 Å². The molecule has 2 heterocycles. The number of carbonyl (C=O) groups is 1. The van der Waals surface area contributed by atoms with E-state index < -0.39 is 15.9 Å². The van der Waals surface area contributed by atoms with Crippen molar-refractivity contribution >= 4 is 38.1 Å². The number of benzene rings is 1. The first kappa shape index (κ1) is 16.9. The third-order valence-corrected chi connectivity index (χ3v) is 5.17. The molecule has 0 aliphatic carbocycles. The van der Waals surface area contributed by atoms with E-state index in [1.807, 2.05) is 0 Å². The third kappa shape index (κ3) is 3.95. The molecule has 0 saturated heterocycles. The predicted molar refractivity (Wildman–Crippen MR) is 90.4 cm³/mol. The molecular formula is C14H12N4O5S2. The van der Waals surface area contributed by atoms with Crippen molar-refractivity contribution in [3.63, 3.8) is 0 Å². The van der Waals surface area contributed by atoms with E-state index >= 15 is 0 Å². The van der Waals surface area contributed by atoms with Crippen LogP contribution in [0.3, 0.4) is 0 Å². The van der Waals surface area contributed by atoms with Crippen LogP contribution in [-0.2, 0) is 10.0 Å². The number of thiazole rings is 1. The van der Waals surface area contributed by atoms with Crippen LogP contribution in [-0.4, -0.2) is 31.6 Å². The number of ether oxygens (including phenoxy) is 1. The SMILES string of the molecule is COc1cc(C(=O)Nc2ccc(S(=O)(=O)Nc3nccs3)cc2)on1. The fourth-order valence-electron chi connectivity index (χ4n) is 1.82. The third-order valence-electron chi connectivity index (χ3n) is 3.00. The van der Waals surface area contributed by atoms with E-state index in [1.54, 1.807) is 5.38 Å². The zero-order valence-electron chi connectivity index (χ0n) is 12.8. The molecule has 0 aliphatic heterocycles. The van der Waals surface area contributed by atoms with Crippen LogP contribution in [0.2, 0.25) is 0 Å². The normalized spacial score (nSPS) is 11.1. The number of nitrogens with one attached hydrogen (secondary N) is 2. The van der Waals surface area contributed by atoms with Gasteiger partial charge in [-0.25, -0.2) is 13.4 Å². The number of anilines is 2. The van der Waals surface area contributed by atoms with E-state index in [0.717, 1.165) is 0 Å². The van der Waals surface area contributed by atoms with Gasteiger partial charge in [0.2, 0.25) is 5.76 Å². The summed E-state index contributed by atoms with van der Waals surface area (Å²) in [5, 5.41) is 8.03. The molecule has 2 aromatic heterocycles. The number of rotatable bonds is 6. The standard InChI is InChI=1S/C14H12N4O5S2/c1-22-12-8-11(23-17-12)13(19)16-9-2-4-10(5-3-9)25(20,21)18-14-15-6-7-24-14/h2-8H,1H3,(H,15,18)(H,16,19). The summed E-state index contributed by atoms with van der Waals surface area (Å²) < 4.78 is 36.5. The summed E-state index contributed by atoms with van der Waals surface area (Å²) in [4.78, 5) is 15.9. The minimum Gasteiger partial charge on any atom is -0.479 e. The Hall–Kier alpha value is -2.92. The summed E-state index contributed by atoms with van der Waals surface area (Å²) in [7, 11) is -2.34. The molecule has 1 amide bonds. The molecule has 3 aromatic rings. The van der Waals surface area contributed by atoms with E-state index in [0.29, 0.717) is 5.69 Å². The molecule has 1 aromatic carbocycles. The van der Waals surface area contributed by atoms with Crippen molar-refractivity contribution in [1.82, 2.24) is 10.1 Å². The van der Waals surface area contributed by atoms with Crippen LogP contribution in [0.4, 0.5) is 10.8 Å². The van der Waals surface area contributed by atoms with Crippen molar-refractivity contribution in [3.05, 3.63) is 47.7 Å². The number of amides is 1. The Balaban J connectivity index is 1.70. The molecule has 9 nitrogen and oxygen atoms in total. The number of aromatic nitrogens is 2. The second-order valence-electron chi connectivity index (χ2n) is 4.65. The summed E-state index contributed by atoms with van der Waals surface area (Å²) in [5.41, 5.74) is 0.397. The Bertz CT molecular complexity index is 965. The fraction of sp³-hybridized carbons (Fsp3) is 0.0714. The van der Waals surface area contributed by atoms with Gasteiger partial charge >= 0.3 is 0 Å². The van der Waals surface area contributed by atoms with Crippen molar-refractivity contribution < 1.29 is 22.5 Å². The van der Waals surface area contributed by atoms with Crippen molar-refractivity contribution in [2.75, 3.05) is 17.1 Å². The predicted octanol–water partition coefficient (Wildman–Crippen LogP) is 2.19. The molecule has 0 bridgehead atoms. The van der Waals surface area contributed by atoms with Crippen LogP contribution in [0.5, 0.6) is 5.88 Å². The van der Waals surface area contributed by atoms with E-state index in [9.17, 15) is 13.2 Å². The lowest BCUT2D eigenvalue weighted by Crippen LogP contribution is -2.13. The van der Waals surface area contributed by atoms with Gasteiger partial charge in [-0.05, 0) is 29.4 Å². The van der Waals surface area contributed by atoms with Gasteiger partial charge in [-0.3, -0.25) is 9.52 Å². The molecule has 3 rings (SSSR count). The Morgan fingerprint density at radius 2 is 2.04 bits per heavy atom. The van der Waals surface area contributed by atoms with Gasteiger partial charge in [0.25, 0.3) is 21.8 Å². The number of hydrogen-bond acceptors (Lipinski definition) is 8. The van der Waals surface area contributed by atoms with Crippen LogP contribution >= 0.6 is 11.3 Å². The first-order valence-corrected chi connectivity index (χ1v) is 9.18. The average molecular weight is 380 g/mol. The summed E-state index contributed by atoms with van der Waals surface area (Å²) in [6.07, 6.45) is 1.50. The molecule has 0 atom stereocenters. The molecule has 11 heteroatoms. The van der Waals surface area contributed by atoms with Gasteiger partial charge in [0.1, 0.15) is 0 Å². The topological polar surface area (TPSA) is 123 Å². The first-order chi connectivity index (χ1) is 12.0. The van der Waals surface area contributed by atoms with Gasteiger partial charge in [-0.1, -0.05) is 0 Å². The maximum absolute atomic E-state index is 12.2. The lowest BCUT2D eigenvalue weighted by atomic mass is 10.3. The summed E-state index contributed by atoms with van der Waals surface area (Å²) in [6.45, 7) is 0. The van der Waals surface area contributed by atoms with E-state index in [1.165, 1.54) is 55.0 Å². The Morgan fingerprint density at radius 1 is 1.28 bits per heavy atom. The van der Waals surface area contributed by atoms with E-state index in [-0.39, 0.29) is 21.7 Å². The van der Waals surface area contributed by atoms with Gasteiger partial charge in [0.15, 0.2) is 5.13 Å². The Labute approximate surface area is 146 Å². The second kappa shape index (κ2) is 6.91. The molecule has 25 heavy (non-hydrogen) atoms. The van der Waals surface area contributed by atoms with Gasteiger partial charge in [0.05, 0.1) is 18.1 Å². The van der Waals surface area contributed by atoms with Crippen LogP contribution in [0.1, 0.15) is 10.6 Å². The van der Waals surface area contributed by atoms with E-state index in [4.69, 9.17) is 9.26 Å². The Kier molecular flexibility index (Phi) is 4.67. The minimum absolute atomic E-state index is 0.0287. The van der Waals surface area contributed by atoms with Crippen molar-refractivity contribution in [1.29, 1.82) is 0 Å². The fourth-order valence-corrected chi connectivity index (χ4v) is 3.61. The van der Waals surface area contributed by atoms with Crippen LogP contribution in [0.15, 0.2) is 51.3 Å². The Morgan fingerprint density at radius 3 is 2.64 bits per heavy atom. The molecule has 0 aliphatic rings. The molecule has 0 spiro atoms. The van der Waals surface area contributed by atoms with Gasteiger partial charge in [-0.15, -0.1) is 11.3 Å². The molecular weight excluding hydrogens is 368 g/mol. The molecule has 0 fully saturated rings. The summed E-state index contributed by atoms with van der Waals surface area (Å²) in [6, 6.07) is 7.00. The number of hydrogen-bond donors (Lipinski definition) is 2. The maximum Gasteiger partial charge on any atom is 0.294 e. The summed E-state index contributed by atoms with van der Waals surface area (Å²) in [5.74, 6) is -0.383. The lowest BCUT2D eigenvalue weighted by Gasteiger charge is -2.07. The van der Waals surface area contributed by atoms with Crippen LogP contribution in [0.25, 0.3) is 0 Å². The minimum atomic E-state index is -3.74. The molecule has 0 radical (unpaired) electrons. The maximum atomic E-state index is 12.2. The zero-order chi connectivity index (χ0) is 17.9. The van der Waals surface area contributed by atoms with Gasteiger partial charge in [-0.2, -0.15) is 0 Å². The highest BCUT2D eigenvalue weighted by Gasteiger charge is 2.17. The van der Waals surface area contributed by atoms with Crippen LogP contribution in [0, 0.1) is 0 Å². The molecule has 2 N–H and O–H groups in total.